The van der Waals surface area contributed by atoms with Crippen molar-refractivity contribution in [3.8, 4) is 0 Å². The molecule has 0 aliphatic carbocycles. The average Bonchev–Trinajstić information content (AvgIpc) is 2.48. The second-order valence-corrected chi connectivity index (χ2v) is 3.76. The maximum Gasteiger partial charge on any atom is 0.240 e. The first-order chi connectivity index (χ1) is 6.54. The molecule has 14 heavy (non-hydrogen) atoms. The molecule has 0 aliphatic rings. The largest absolute Gasteiger partial charge is 0.307 e. The lowest BCUT2D eigenvalue weighted by Gasteiger charge is -2.03. The molecule has 0 spiro atoms. The third-order valence-corrected chi connectivity index (χ3v) is 2.11. The normalized spacial score (nSPS) is 10.6. The summed E-state index contributed by atoms with van der Waals surface area (Å²) in [6, 6.07) is 0.203. The molecule has 1 amide bonds. The Bertz CT molecular complexity index is 335. The van der Waals surface area contributed by atoms with Crippen molar-refractivity contribution in [1.29, 1.82) is 0 Å². The number of hydrogen-bond donors (Lipinski definition) is 1. The number of anilines is 1. The number of nitrogens with one attached hydrogen (secondary N) is 1. The van der Waals surface area contributed by atoms with Crippen LogP contribution < -0.4 is 5.32 Å². The average molecular weight is 236 g/mol. The standard InChI is InChI=1S/C8H11Cl2N3O/c1-5(2)13-4-6(10)8(12-13)11-7(14)3-9/h4-5H,3H2,1-2H3,(H,11,12,14). The quantitative estimate of drug-likeness (QED) is 0.818. The number of amides is 1. The fourth-order valence-corrected chi connectivity index (χ4v) is 1.14. The molecule has 6 heteroatoms. The Hall–Kier alpha value is -0.740. The Labute approximate surface area is 92.2 Å². The van der Waals surface area contributed by atoms with Gasteiger partial charge in [0.1, 0.15) is 10.9 Å². The molecular formula is C8H11Cl2N3O. The third kappa shape index (κ3) is 2.62. The lowest BCUT2D eigenvalue weighted by atomic mass is 10.4. The van der Waals surface area contributed by atoms with Crippen LogP contribution in [0.25, 0.3) is 0 Å². The Balaban J connectivity index is 2.82. The van der Waals surface area contributed by atoms with E-state index in [4.69, 9.17) is 23.2 Å². The van der Waals surface area contributed by atoms with Gasteiger partial charge in [-0.3, -0.25) is 9.48 Å². The number of halogens is 2. The predicted octanol–water partition coefficient (Wildman–Crippen LogP) is 2.29. The summed E-state index contributed by atoms with van der Waals surface area (Å²) in [6.45, 7) is 3.94. The van der Waals surface area contributed by atoms with Crippen molar-refractivity contribution in [3.63, 3.8) is 0 Å². The number of aromatic nitrogens is 2. The van der Waals surface area contributed by atoms with Gasteiger partial charge in [0.25, 0.3) is 0 Å². The van der Waals surface area contributed by atoms with Crippen molar-refractivity contribution in [2.45, 2.75) is 19.9 Å². The summed E-state index contributed by atoms with van der Waals surface area (Å²) in [5.41, 5.74) is 0. The second kappa shape index (κ2) is 4.66. The van der Waals surface area contributed by atoms with Crippen molar-refractivity contribution >= 4 is 34.9 Å². The molecule has 0 unspecified atom stereocenters. The van der Waals surface area contributed by atoms with Gasteiger partial charge in [-0.1, -0.05) is 11.6 Å². The zero-order valence-electron chi connectivity index (χ0n) is 7.92. The zero-order valence-corrected chi connectivity index (χ0v) is 9.43. The molecule has 0 aliphatic heterocycles. The number of carbonyl (C=O) groups is 1. The van der Waals surface area contributed by atoms with Crippen LogP contribution in [-0.2, 0) is 4.79 Å². The molecule has 1 aromatic rings. The molecule has 0 radical (unpaired) electrons. The summed E-state index contributed by atoms with van der Waals surface area (Å²) >= 11 is 11.2. The van der Waals surface area contributed by atoms with E-state index in [1.165, 1.54) is 0 Å². The highest BCUT2D eigenvalue weighted by molar-refractivity contribution is 6.34. The van der Waals surface area contributed by atoms with Crippen LogP contribution in [0.15, 0.2) is 6.20 Å². The van der Waals surface area contributed by atoms with E-state index in [2.05, 4.69) is 10.4 Å². The first-order valence-electron chi connectivity index (χ1n) is 4.15. The molecule has 0 saturated carbocycles. The van der Waals surface area contributed by atoms with Gasteiger partial charge in [-0.15, -0.1) is 11.6 Å². The smallest absolute Gasteiger partial charge is 0.240 e. The summed E-state index contributed by atoms with van der Waals surface area (Å²) in [6.07, 6.45) is 1.66. The van der Waals surface area contributed by atoms with E-state index in [1.807, 2.05) is 13.8 Å². The van der Waals surface area contributed by atoms with Gasteiger partial charge in [-0.25, -0.2) is 0 Å². The van der Waals surface area contributed by atoms with Gasteiger partial charge in [0.05, 0.1) is 0 Å². The first kappa shape index (κ1) is 11.3. The van der Waals surface area contributed by atoms with Crippen LogP contribution >= 0.6 is 23.2 Å². The third-order valence-electron chi connectivity index (χ3n) is 1.60. The highest BCUT2D eigenvalue weighted by Gasteiger charge is 2.10. The van der Waals surface area contributed by atoms with E-state index in [0.29, 0.717) is 10.8 Å². The second-order valence-electron chi connectivity index (χ2n) is 3.08. The van der Waals surface area contributed by atoms with Crippen LogP contribution in [0.2, 0.25) is 5.02 Å². The summed E-state index contributed by atoms with van der Waals surface area (Å²) in [4.78, 5) is 11.0. The minimum Gasteiger partial charge on any atom is -0.307 e. The number of carbonyl (C=O) groups excluding carboxylic acids is 1. The molecule has 1 heterocycles. The molecule has 0 atom stereocenters. The summed E-state index contributed by atoms with van der Waals surface area (Å²) in [7, 11) is 0. The Kier molecular flexibility index (Phi) is 3.77. The van der Waals surface area contributed by atoms with Gasteiger partial charge in [0.15, 0.2) is 5.82 Å². The number of hydrogen-bond acceptors (Lipinski definition) is 2. The topological polar surface area (TPSA) is 46.9 Å². The van der Waals surface area contributed by atoms with Gasteiger partial charge in [-0.05, 0) is 13.8 Å². The van der Waals surface area contributed by atoms with Gasteiger partial charge in [0.2, 0.25) is 5.91 Å². The number of nitrogens with zero attached hydrogens (tertiary/aromatic N) is 2. The molecular weight excluding hydrogens is 225 g/mol. The predicted molar refractivity (Wildman–Crippen MR) is 57.0 cm³/mol. The van der Waals surface area contributed by atoms with Gasteiger partial charge in [0, 0.05) is 12.2 Å². The van der Waals surface area contributed by atoms with Crippen LogP contribution in [0.1, 0.15) is 19.9 Å². The van der Waals surface area contributed by atoms with Gasteiger partial charge < -0.3 is 5.32 Å². The molecule has 1 N–H and O–H groups in total. The lowest BCUT2D eigenvalue weighted by molar-refractivity contribution is -0.113. The molecule has 4 nitrogen and oxygen atoms in total. The van der Waals surface area contributed by atoms with Crippen LogP contribution in [-0.4, -0.2) is 21.6 Å². The molecule has 0 aromatic carbocycles. The zero-order chi connectivity index (χ0) is 10.7. The van der Waals surface area contributed by atoms with E-state index in [1.54, 1.807) is 10.9 Å². The minimum absolute atomic E-state index is 0.106. The van der Waals surface area contributed by atoms with Gasteiger partial charge >= 0.3 is 0 Å². The Morgan fingerprint density at radius 1 is 1.71 bits per heavy atom. The van der Waals surface area contributed by atoms with Crippen molar-refractivity contribution < 1.29 is 4.79 Å². The first-order valence-corrected chi connectivity index (χ1v) is 5.06. The highest BCUT2D eigenvalue weighted by Crippen LogP contribution is 2.21. The van der Waals surface area contributed by atoms with Crippen LogP contribution in [0.3, 0.4) is 0 Å². The molecule has 1 rings (SSSR count). The van der Waals surface area contributed by atoms with Crippen molar-refractivity contribution in [3.05, 3.63) is 11.2 Å². The molecule has 1 aromatic heterocycles. The van der Waals surface area contributed by atoms with E-state index in [0.717, 1.165) is 0 Å². The number of alkyl halides is 1. The van der Waals surface area contributed by atoms with Gasteiger partial charge in [-0.2, -0.15) is 5.10 Å². The molecule has 78 valence electrons. The molecule has 0 bridgehead atoms. The van der Waals surface area contributed by atoms with Crippen LogP contribution in [0.5, 0.6) is 0 Å². The number of rotatable bonds is 3. The summed E-state index contributed by atoms with van der Waals surface area (Å²) in [5, 5.41) is 7.01. The fraction of sp³-hybridized carbons (Fsp3) is 0.500. The monoisotopic (exact) mass is 235 g/mol. The highest BCUT2D eigenvalue weighted by atomic mass is 35.5. The Morgan fingerprint density at radius 3 is 2.79 bits per heavy atom. The van der Waals surface area contributed by atoms with E-state index < -0.39 is 0 Å². The summed E-state index contributed by atoms with van der Waals surface area (Å²) < 4.78 is 1.67. The molecule has 0 fully saturated rings. The van der Waals surface area contributed by atoms with Crippen molar-refractivity contribution in [2.75, 3.05) is 11.2 Å². The maximum atomic E-state index is 11.0. The molecule has 0 saturated heterocycles. The lowest BCUT2D eigenvalue weighted by Crippen LogP contribution is -2.13. The van der Waals surface area contributed by atoms with E-state index in [-0.39, 0.29) is 17.8 Å². The van der Waals surface area contributed by atoms with E-state index >= 15 is 0 Å². The fourth-order valence-electron chi connectivity index (χ4n) is 0.884. The Morgan fingerprint density at radius 2 is 2.36 bits per heavy atom. The maximum absolute atomic E-state index is 11.0. The summed E-state index contributed by atoms with van der Waals surface area (Å²) in [5.74, 6) is -0.0706. The van der Waals surface area contributed by atoms with Crippen molar-refractivity contribution in [2.24, 2.45) is 0 Å². The SMILES string of the molecule is CC(C)n1cc(Cl)c(NC(=O)CCl)n1. The van der Waals surface area contributed by atoms with Crippen molar-refractivity contribution in [1.82, 2.24) is 9.78 Å². The van der Waals surface area contributed by atoms with E-state index in [9.17, 15) is 4.79 Å². The van der Waals surface area contributed by atoms with Crippen LogP contribution in [0, 0.1) is 0 Å². The van der Waals surface area contributed by atoms with Crippen LogP contribution in [0.4, 0.5) is 5.82 Å². The minimum atomic E-state index is -0.317.